The van der Waals surface area contributed by atoms with Crippen molar-refractivity contribution in [2.45, 2.75) is 11.3 Å². The predicted molar refractivity (Wildman–Crippen MR) is 132 cm³/mol. The summed E-state index contributed by atoms with van der Waals surface area (Å²) in [5.74, 6) is 2.22. The van der Waals surface area contributed by atoms with E-state index in [1.807, 2.05) is 41.0 Å². The summed E-state index contributed by atoms with van der Waals surface area (Å²) in [5, 5.41) is 29.4. The number of methoxy groups -OCH3 is 1. The zero-order valence-corrected chi connectivity index (χ0v) is 19.8. The topological polar surface area (TPSA) is 93.2 Å². The Labute approximate surface area is 206 Å². The lowest BCUT2D eigenvalue weighted by Gasteiger charge is -2.14. The van der Waals surface area contributed by atoms with Crippen LogP contribution in [-0.2, 0) is 0 Å². The third kappa shape index (κ3) is 5.51. The monoisotopic (exact) mass is 492 g/mol. The minimum Gasteiger partial charge on any atom is -0.496 e. The van der Waals surface area contributed by atoms with Crippen LogP contribution < -0.4 is 9.47 Å². The SMILES string of the molecule is COc1ccccc1-c1nnc(SCC(O)COc2ccc(C#N)cc2)n1-c1ccc(Cl)cc1. The van der Waals surface area contributed by atoms with Gasteiger partial charge in [-0.3, -0.25) is 4.57 Å². The van der Waals surface area contributed by atoms with Gasteiger partial charge in [-0.1, -0.05) is 35.5 Å². The van der Waals surface area contributed by atoms with E-state index in [0.29, 0.717) is 38.8 Å². The number of aliphatic hydroxyl groups excluding tert-OH is 1. The van der Waals surface area contributed by atoms with Crippen molar-refractivity contribution in [3.8, 4) is 34.6 Å². The summed E-state index contributed by atoms with van der Waals surface area (Å²) in [6.07, 6.45) is -0.745. The maximum Gasteiger partial charge on any atom is 0.196 e. The van der Waals surface area contributed by atoms with Gasteiger partial charge in [0.2, 0.25) is 0 Å². The molecule has 0 aliphatic carbocycles. The zero-order valence-electron chi connectivity index (χ0n) is 18.3. The summed E-state index contributed by atoms with van der Waals surface area (Å²) < 4.78 is 13.1. The Hall–Kier alpha value is -3.51. The average Bonchev–Trinajstić information content (AvgIpc) is 3.30. The van der Waals surface area contributed by atoms with E-state index >= 15 is 0 Å². The summed E-state index contributed by atoms with van der Waals surface area (Å²) >= 11 is 7.46. The summed E-state index contributed by atoms with van der Waals surface area (Å²) in [6.45, 7) is 0.105. The first-order valence-electron chi connectivity index (χ1n) is 10.4. The second-order valence-corrected chi connectivity index (χ2v) is 8.65. The third-order valence-corrected chi connectivity index (χ3v) is 6.22. The molecule has 0 saturated heterocycles. The maximum absolute atomic E-state index is 10.5. The molecule has 0 amide bonds. The summed E-state index contributed by atoms with van der Waals surface area (Å²) in [4.78, 5) is 0. The van der Waals surface area contributed by atoms with Crippen molar-refractivity contribution in [2.24, 2.45) is 0 Å². The molecule has 7 nitrogen and oxygen atoms in total. The van der Waals surface area contributed by atoms with Crippen molar-refractivity contribution in [1.82, 2.24) is 14.8 Å². The number of aliphatic hydroxyl groups is 1. The number of halogens is 1. The fraction of sp³-hybridized carbons (Fsp3) is 0.160. The number of thioether (sulfide) groups is 1. The number of rotatable bonds is 9. The first kappa shape index (κ1) is 23.6. The Bertz CT molecular complexity index is 1290. The van der Waals surface area contributed by atoms with E-state index in [4.69, 9.17) is 26.3 Å². The van der Waals surface area contributed by atoms with Gasteiger partial charge in [-0.05, 0) is 60.7 Å². The number of aromatic nitrogens is 3. The molecular formula is C25H21ClN4O3S. The van der Waals surface area contributed by atoms with Gasteiger partial charge in [0, 0.05) is 16.5 Å². The highest BCUT2D eigenvalue weighted by molar-refractivity contribution is 7.99. The first-order chi connectivity index (χ1) is 16.6. The molecule has 9 heteroatoms. The molecule has 0 fully saturated rings. The molecule has 4 aromatic rings. The van der Waals surface area contributed by atoms with Crippen LogP contribution in [0.15, 0.2) is 78.0 Å². The van der Waals surface area contributed by atoms with E-state index in [2.05, 4.69) is 16.3 Å². The Balaban J connectivity index is 1.53. The van der Waals surface area contributed by atoms with E-state index in [-0.39, 0.29) is 6.61 Å². The number of nitrogens with zero attached hydrogens (tertiary/aromatic N) is 4. The Kier molecular flexibility index (Phi) is 7.70. The van der Waals surface area contributed by atoms with Crippen LogP contribution in [0.2, 0.25) is 5.02 Å². The number of para-hydroxylation sites is 1. The minimum absolute atomic E-state index is 0.105. The second-order valence-electron chi connectivity index (χ2n) is 7.23. The fourth-order valence-electron chi connectivity index (χ4n) is 3.23. The number of benzene rings is 3. The quantitative estimate of drug-likeness (QED) is 0.328. The highest BCUT2D eigenvalue weighted by Gasteiger charge is 2.20. The van der Waals surface area contributed by atoms with Crippen LogP contribution in [-0.4, -0.2) is 45.4 Å². The van der Waals surface area contributed by atoms with Gasteiger partial charge in [0.15, 0.2) is 11.0 Å². The molecule has 4 rings (SSSR count). The molecule has 0 radical (unpaired) electrons. The molecule has 1 heterocycles. The Morgan fingerprint density at radius 2 is 1.79 bits per heavy atom. The largest absolute Gasteiger partial charge is 0.496 e. The molecule has 1 N–H and O–H groups in total. The molecule has 1 aromatic heterocycles. The van der Waals surface area contributed by atoms with Crippen molar-refractivity contribution >= 4 is 23.4 Å². The molecule has 1 unspecified atom stereocenters. The van der Waals surface area contributed by atoms with Crippen LogP contribution in [0.4, 0.5) is 0 Å². The van der Waals surface area contributed by atoms with Crippen molar-refractivity contribution < 1.29 is 14.6 Å². The van der Waals surface area contributed by atoms with E-state index in [0.717, 1.165) is 11.3 Å². The lowest BCUT2D eigenvalue weighted by Crippen LogP contribution is -2.20. The minimum atomic E-state index is -0.745. The molecule has 172 valence electrons. The highest BCUT2D eigenvalue weighted by Crippen LogP contribution is 2.33. The van der Waals surface area contributed by atoms with Crippen LogP contribution in [0.1, 0.15) is 5.56 Å². The standard InChI is InChI=1S/C25H21ClN4O3S/c1-32-23-5-3-2-4-22(23)24-28-29-25(30(24)19-10-8-18(26)9-11-19)34-16-20(31)15-33-21-12-6-17(14-27)7-13-21/h2-13,20,31H,15-16H2,1H3. The number of hydrogen-bond acceptors (Lipinski definition) is 7. The highest BCUT2D eigenvalue weighted by atomic mass is 35.5. The molecule has 0 bridgehead atoms. The van der Waals surface area contributed by atoms with E-state index in [1.54, 1.807) is 43.5 Å². The fourth-order valence-corrected chi connectivity index (χ4v) is 4.21. The summed E-state index contributed by atoms with van der Waals surface area (Å²) in [6, 6.07) is 23.8. The number of hydrogen-bond donors (Lipinski definition) is 1. The average molecular weight is 493 g/mol. The Morgan fingerprint density at radius 1 is 1.06 bits per heavy atom. The molecule has 1 atom stereocenters. The van der Waals surface area contributed by atoms with E-state index < -0.39 is 6.10 Å². The predicted octanol–water partition coefficient (Wildman–Crippen LogP) is 5.00. The number of nitriles is 1. The smallest absolute Gasteiger partial charge is 0.196 e. The van der Waals surface area contributed by atoms with Gasteiger partial charge in [0.1, 0.15) is 18.1 Å². The van der Waals surface area contributed by atoms with E-state index in [9.17, 15) is 5.11 Å². The molecule has 0 saturated carbocycles. The van der Waals surface area contributed by atoms with Gasteiger partial charge in [-0.2, -0.15) is 5.26 Å². The van der Waals surface area contributed by atoms with Gasteiger partial charge in [0.05, 0.1) is 30.4 Å². The van der Waals surface area contributed by atoms with Gasteiger partial charge < -0.3 is 14.6 Å². The van der Waals surface area contributed by atoms with Crippen molar-refractivity contribution in [2.75, 3.05) is 19.5 Å². The zero-order chi connectivity index (χ0) is 23.9. The van der Waals surface area contributed by atoms with Crippen LogP contribution in [0.3, 0.4) is 0 Å². The van der Waals surface area contributed by atoms with Crippen LogP contribution >= 0.6 is 23.4 Å². The van der Waals surface area contributed by atoms with Crippen LogP contribution in [0, 0.1) is 11.3 Å². The molecule has 34 heavy (non-hydrogen) atoms. The molecule has 0 aliphatic rings. The molecule has 0 aliphatic heterocycles. The first-order valence-corrected chi connectivity index (χ1v) is 11.7. The van der Waals surface area contributed by atoms with Crippen LogP contribution in [0.5, 0.6) is 11.5 Å². The number of ether oxygens (including phenoxy) is 2. The summed E-state index contributed by atoms with van der Waals surface area (Å²) in [5.41, 5.74) is 2.18. The van der Waals surface area contributed by atoms with Gasteiger partial charge >= 0.3 is 0 Å². The van der Waals surface area contributed by atoms with Crippen molar-refractivity contribution in [1.29, 1.82) is 5.26 Å². The molecular weight excluding hydrogens is 472 g/mol. The third-order valence-electron chi connectivity index (χ3n) is 4.90. The van der Waals surface area contributed by atoms with Crippen LogP contribution in [0.25, 0.3) is 17.1 Å². The second kappa shape index (κ2) is 11.1. The normalized spacial score (nSPS) is 11.6. The molecule has 3 aromatic carbocycles. The van der Waals surface area contributed by atoms with Gasteiger partial charge in [-0.15, -0.1) is 10.2 Å². The van der Waals surface area contributed by atoms with Crippen molar-refractivity contribution in [3.05, 3.63) is 83.4 Å². The molecule has 0 spiro atoms. The Morgan fingerprint density at radius 3 is 2.50 bits per heavy atom. The lowest BCUT2D eigenvalue weighted by molar-refractivity contribution is 0.126. The lowest BCUT2D eigenvalue weighted by atomic mass is 10.2. The van der Waals surface area contributed by atoms with E-state index in [1.165, 1.54) is 11.8 Å². The van der Waals surface area contributed by atoms with Gasteiger partial charge in [0.25, 0.3) is 0 Å². The van der Waals surface area contributed by atoms with Gasteiger partial charge in [-0.25, -0.2) is 0 Å². The van der Waals surface area contributed by atoms with Crippen molar-refractivity contribution in [3.63, 3.8) is 0 Å². The maximum atomic E-state index is 10.5. The summed E-state index contributed by atoms with van der Waals surface area (Å²) in [7, 11) is 1.61.